The van der Waals surface area contributed by atoms with Gasteiger partial charge in [-0.15, -0.1) is 0 Å². The van der Waals surface area contributed by atoms with Gasteiger partial charge in [-0.3, -0.25) is 9.10 Å². The molecule has 0 spiro atoms. The summed E-state index contributed by atoms with van der Waals surface area (Å²) < 4.78 is 25.5. The predicted octanol–water partition coefficient (Wildman–Crippen LogP) is 2.37. The van der Waals surface area contributed by atoms with E-state index in [1.807, 2.05) is 26.0 Å². The summed E-state index contributed by atoms with van der Waals surface area (Å²) in [6.07, 6.45) is 5.85. The van der Waals surface area contributed by atoms with Crippen molar-refractivity contribution in [3.8, 4) is 0 Å². The first kappa shape index (κ1) is 17.3. The van der Waals surface area contributed by atoms with Crippen molar-refractivity contribution in [3.05, 3.63) is 29.3 Å². The van der Waals surface area contributed by atoms with Gasteiger partial charge in [0.25, 0.3) is 0 Å². The lowest BCUT2D eigenvalue weighted by atomic mass is 9.95. The summed E-state index contributed by atoms with van der Waals surface area (Å²) in [6, 6.07) is 5.68. The molecule has 0 saturated heterocycles. The number of nitrogens with zero attached hydrogens (tertiary/aromatic N) is 1. The molecule has 2 bridgehead atoms. The van der Waals surface area contributed by atoms with Gasteiger partial charge >= 0.3 is 0 Å². The van der Waals surface area contributed by atoms with Crippen LogP contribution in [0.1, 0.15) is 36.8 Å². The molecule has 24 heavy (non-hydrogen) atoms. The fourth-order valence-electron chi connectivity index (χ4n) is 4.09. The number of carbonyl (C=O) groups is 1. The minimum Gasteiger partial charge on any atom is -0.352 e. The molecule has 2 saturated carbocycles. The number of rotatable bonds is 5. The van der Waals surface area contributed by atoms with Crippen LogP contribution in [-0.4, -0.2) is 33.2 Å². The zero-order valence-electron chi connectivity index (χ0n) is 14.6. The molecule has 1 amide bonds. The van der Waals surface area contributed by atoms with E-state index in [0.717, 1.165) is 29.7 Å². The topological polar surface area (TPSA) is 66.5 Å². The standard InChI is InChI=1S/C18H26N2O3S/c1-12-4-7-16(8-13(12)2)20(24(3,22)23)11-18(21)19-17-10-14-5-6-15(17)9-14/h4,7-8,14-15,17H,5-6,9-11H2,1-3H3,(H,19,21)/t14-,15+,17+/m0/s1. The summed E-state index contributed by atoms with van der Waals surface area (Å²) in [6.45, 7) is 3.76. The summed E-state index contributed by atoms with van der Waals surface area (Å²) >= 11 is 0. The Bertz CT molecular complexity index is 745. The van der Waals surface area contributed by atoms with Gasteiger partial charge in [-0.2, -0.15) is 0 Å². The summed E-state index contributed by atoms with van der Waals surface area (Å²) in [7, 11) is -3.51. The van der Waals surface area contributed by atoms with Crippen LogP contribution in [0.2, 0.25) is 0 Å². The molecule has 0 heterocycles. The van der Waals surface area contributed by atoms with Crippen LogP contribution in [0.25, 0.3) is 0 Å². The first-order valence-electron chi connectivity index (χ1n) is 8.58. The lowest BCUT2D eigenvalue weighted by Crippen LogP contribution is -2.45. The number of hydrogen-bond acceptors (Lipinski definition) is 3. The summed E-state index contributed by atoms with van der Waals surface area (Å²) in [5.74, 6) is 1.11. The summed E-state index contributed by atoms with van der Waals surface area (Å²) in [5, 5.41) is 3.06. The van der Waals surface area contributed by atoms with Gasteiger partial charge in [-0.25, -0.2) is 8.42 Å². The Morgan fingerprint density at radius 1 is 1.21 bits per heavy atom. The monoisotopic (exact) mass is 350 g/mol. The molecule has 3 atom stereocenters. The van der Waals surface area contributed by atoms with Crippen molar-refractivity contribution in [2.45, 2.75) is 45.6 Å². The molecule has 2 aliphatic carbocycles. The molecular formula is C18H26N2O3S. The third-order valence-corrected chi connectivity index (χ3v) is 6.69. The molecule has 3 rings (SSSR count). The molecular weight excluding hydrogens is 324 g/mol. The molecule has 0 aliphatic heterocycles. The van der Waals surface area contributed by atoms with Crippen LogP contribution in [-0.2, 0) is 14.8 Å². The Balaban J connectivity index is 1.72. The second kappa shape index (κ2) is 6.39. The quantitative estimate of drug-likeness (QED) is 0.886. The van der Waals surface area contributed by atoms with Gasteiger partial charge in [0.15, 0.2) is 0 Å². The lowest BCUT2D eigenvalue weighted by molar-refractivity contribution is -0.120. The number of anilines is 1. The molecule has 6 heteroatoms. The van der Waals surface area contributed by atoms with Crippen molar-refractivity contribution in [3.63, 3.8) is 0 Å². The van der Waals surface area contributed by atoms with Crippen molar-refractivity contribution in [2.75, 3.05) is 17.1 Å². The Morgan fingerprint density at radius 3 is 2.50 bits per heavy atom. The van der Waals surface area contributed by atoms with Gasteiger partial charge in [0.2, 0.25) is 15.9 Å². The van der Waals surface area contributed by atoms with E-state index in [0.29, 0.717) is 11.6 Å². The van der Waals surface area contributed by atoms with Crippen LogP contribution in [0.5, 0.6) is 0 Å². The highest BCUT2D eigenvalue weighted by molar-refractivity contribution is 7.92. The maximum absolute atomic E-state index is 12.4. The van der Waals surface area contributed by atoms with Crippen molar-refractivity contribution in [1.82, 2.24) is 5.32 Å². The minimum absolute atomic E-state index is 0.158. The fraction of sp³-hybridized carbons (Fsp3) is 0.611. The van der Waals surface area contributed by atoms with Crippen molar-refractivity contribution >= 4 is 21.6 Å². The molecule has 132 valence electrons. The average Bonchev–Trinajstić information content (AvgIpc) is 3.09. The van der Waals surface area contributed by atoms with E-state index in [-0.39, 0.29) is 18.5 Å². The smallest absolute Gasteiger partial charge is 0.241 e. The number of fused-ring (bicyclic) bond motifs is 2. The van der Waals surface area contributed by atoms with E-state index in [1.165, 1.54) is 23.6 Å². The number of nitrogens with one attached hydrogen (secondary N) is 1. The zero-order valence-corrected chi connectivity index (χ0v) is 15.4. The Hall–Kier alpha value is -1.56. The normalized spacial score (nSPS) is 25.7. The second-order valence-electron chi connectivity index (χ2n) is 7.39. The van der Waals surface area contributed by atoms with Gasteiger partial charge in [0, 0.05) is 6.04 Å². The minimum atomic E-state index is -3.51. The molecule has 0 unspecified atom stereocenters. The first-order valence-corrected chi connectivity index (χ1v) is 10.4. The number of aryl methyl sites for hydroxylation is 2. The molecule has 1 aromatic carbocycles. The SMILES string of the molecule is Cc1ccc(N(CC(=O)N[C@@H]2C[C@H]3CC[C@@H]2C3)S(C)(=O)=O)cc1C. The predicted molar refractivity (Wildman–Crippen MR) is 95.5 cm³/mol. The number of amides is 1. The van der Waals surface area contributed by atoms with E-state index < -0.39 is 10.0 Å². The van der Waals surface area contributed by atoms with Gasteiger partial charge in [-0.1, -0.05) is 12.5 Å². The van der Waals surface area contributed by atoms with E-state index in [4.69, 9.17) is 0 Å². The largest absolute Gasteiger partial charge is 0.352 e. The fourth-order valence-corrected chi connectivity index (χ4v) is 4.93. The molecule has 1 N–H and O–H groups in total. The molecule has 1 aromatic rings. The average molecular weight is 350 g/mol. The van der Waals surface area contributed by atoms with Crippen molar-refractivity contribution in [1.29, 1.82) is 0 Å². The maximum atomic E-state index is 12.4. The molecule has 0 aromatic heterocycles. The Labute approximate surface area is 144 Å². The Morgan fingerprint density at radius 2 is 1.96 bits per heavy atom. The number of sulfonamides is 1. The van der Waals surface area contributed by atoms with E-state index in [9.17, 15) is 13.2 Å². The Kier molecular flexibility index (Phi) is 4.60. The number of hydrogen-bond donors (Lipinski definition) is 1. The van der Waals surface area contributed by atoms with Crippen molar-refractivity contribution < 1.29 is 13.2 Å². The third-order valence-electron chi connectivity index (χ3n) is 5.55. The van der Waals surface area contributed by atoms with Crippen LogP contribution < -0.4 is 9.62 Å². The van der Waals surface area contributed by atoms with E-state index in [1.54, 1.807) is 6.07 Å². The van der Waals surface area contributed by atoms with Gasteiger partial charge in [0.1, 0.15) is 6.54 Å². The molecule has 2 fully saturated rings. The highest BCUT2D eigenvalue weighted by atomic mass is 32.2. The third kappa shape index (κ3) is 3.58. The lowest BCUT2D eigenvalue weighted by Gasteiger charge is -2.26. The van der Waals surface area contributed by atoms with E-state index >= 15 is 0 Å². The molecule has 5 nitrogen and oxygen atoms in total. The first-order chi connectivity index (χ1) is 11.2. The highest BCUT2D eigenvalue weighted by Crippen LogP contribution is 2.44. The molecule has 2 aliphatic rings. The second-order valence-corrected chi connectivity index (χ2v) is 9.29. The van der Waals surface area contributed by atoms with Crippen LogP contribution in [0.4, 0.5) is 5.69 Å². The number of benzene rings is 1. The highest BCUT2D eigenvalue weighted by Gasteiger charge is 2.40. The van der Waals surface area contributed by atoms with Gasteiger partial charge < -0.3 is 5.32 Å². The van der Waals surface area contributed by atoms with Crippen molar-refractivity contribution in [2.24, 2.45) is 11.8 Å². The van der Waals surface area contributed by atoms with Crippen LogP contribution in [0, 0.1) is 25.7 Å². The maximum Gasteiger partial charge on any atom is 0.241 e. The van der Waals surface area contributed by atoms with Gasteiger partial charge in [-0.05, 0) is 68.2 Å². The van der Waals surface area contributed by atoms with Crippen LogP contribution in [0.3, 0.4) is 0 Å². The summed E-state index contributed by atoms with van der Waals surface area (Å²) in [4.78, 5) is 12.4. The molecule has 0 radical (unpaired) electrons. The van der Waals surface area contributed by atoms with Crippen LogP contribution in [0.15, 0.2) is 18.2 Å². The van der Waals surface area contributed by atoms with Crippen LogP contribution >= 0.6 is 0 Å². The summed E-state index contributed by atoms with van der Waals surface area (Å²) in [5.41, 5.74) is 2.65. The van der Waals surface area contributed by atoms with E-state index in [2.05, 4.69) is 5.32 Å². The number of carbonyl (C=O) groups excluding carboxylic acids is 1. The van der Waals surface area contributed by atoms with Gasteiger partial charge in [0.05, 0.1) is 11.9 Å². The zero-order chi connectivity index (χ0) is 17.5.